The molecule has 0 aliphatic carbocycles. The van der Waals surface area contributed by atoms with E-state index in [0.717, 1.165) is 11.1 Å². The number of benzene rings is 2. The number of nitro groups is 1. The third-order valence-corrected chi connectivity index (χ3v) is 4.49. The molecule has 8 nitrogen and oxygen atoms in total. The number of aromatic amines is 1. The highest BCUT2D eigenvalue weighted by Gasteiger charge is 2.11. The number of aromatic nitrogens is 3. The molecule has 2 heterocycles. The lowest BCUT2D eigenvalue weighted by molar-refractivity contribution is -0.384. The number of nitro benzene ring substituents is 1. The van der Waals surface area contributed by atoms with Crippen LogP contribution in [-0.2, 0) is 0 Å². The first kappa shape index (κ1) is 18.5. The van der Waals surface area contributed by atoms with E-state index in [4.69, 9.17) is 16.6 Å². The molecule has 144 valence electrons. The Balaban J connectivity index is 1.62. The van der Waals surface area contributed by atoms with Crippen LogP contribution in [0.2, 0.25) is 0 Å². The van der Waals surface area contributed by atoms with E-state index < -0.39 is 4.92 Å². The van der Waals surface area contributed by atoms with E-state index in [2.05, 4.69) is 15.3 Å². The third-order valence-electron chi connectivity index (χ3n) is 4.23. The lowest BCUT2D eigenvalue weighted by Crippen LogP contribution is -1.94. The first-order valence-corrected chi connectivity index (χ1v) is 9.05. The minimum atomic E-state index is -0.442. The van der Waals surface area contributed by atoms with Crippen LogP contribution < -0.4 is 0 Å². The monoisotopic (exact) mass is 405 g/mol. The van der Waals surface area contributed by atoms with Gasteiger partial charge >= 0.3 is 0 Å². The third kappa shape index (κ3) is 3.90. The van der Waals surface area contributed by atoms with E-state index in [1.165, 1.54) is 23.0 Å². The van der Waals surface area contributed by atoms with Gasteiger partial charge in [-0.25, -0.2) is 5.10 Å². The smallest absolute Gasteiger partial charge is 0.270 e. The fraction of sp³-hybridized carbons (Fsp3) is 0.0500. The zero-order valence-corrected chi connectivity index (χ0v) is 16.1. The number of hydrogen-bond acceptors (Lipinski definition) is 6. The Morgan fingerprint density at radius 2 is 1.97 bits per heavy atom. The van der Waals surface area contributed by atoms with E-state index in [9.17, 15) is 10.1 Å². The maximum atomic E-state index is 11.0. The molecule has 0 atom stereocenters. The van der Waals surface area contributed by atoms with Gasteiger partial charge in [-0.05, 0) is 31.3 Å². The van der Waals surface area contributed by atoms with Gasteiger partial charge in [0, 0.05) is 23.3 Å². The summed E-state index contributed by atoms with van der Waals surface area (Å²) in [5.41, 5.74) is 2.62. The molecule has 0 radical (unpaired) electrons. The Morgan fingerprint density at radius 1 is 1.17 bits per heavy atom. The normalized spacial score (nSPS) is 11.2. The Kier molecular flexibility index (Phi) is 4.88. The van der Waals surface area contributed by atoms with E-state index in [1.54, 1.807) is 24.3 Å². The number of hydrogen-bond donors (Lipinski definition) is 1. The van der Waals surface area contributed by atoms with E-state index in [1.807, 2.05) is 31.2 Å². The lowest BCUT2D eigenvalue weighted by atomic mass is 10.1. The first-order chi connectivity index (χ1) is 14.0. The quantitative estimate of drug-likeness (QED) is 0.219. The second kappa shape index (κ2) is 7.64. The van der Waals surface area contributed by atoms with Crippen LogP contribution in [0.5, 0.6) is 0 Å². The van der Waals surface area contributed by atoms with Crippen LogP contribution in [0, 0.1) is 21.8 Å². The lowest BCUT2D eigenvalue weighted by Gasteiger charge is -2.01. The standard InChI is InChI=1S/C20H15N5O3S/c1-13-5-7-14(8-6-13)19-22-23-20(29)24(19)21-12-17-9-10-18(28-17)15-3-2-4-16(11-15)25(26)27/h2-12H,1H3,(H,23,29)/b21-12-. The molecule has 0 amide bonds. The minimum Gasteiger partial charge on any atom is -0.455 e. The van der Waals surface area contributed by atoms with Gasteiger partial charge in [0.2, 0.25) is 4.77 Å². The predicted molar refractivity (Wildman–Crippen MR) is 111 cm³/mol. The van der Waals surface area contributed by atoms with Crippen molar-refractivity contribution in [3.05, 3.63) is 86.9 Å². The second-order valence-electron chi connectivity index (χ2n) is 6.28. The minimum absolute atomic E-state index is 0.00144. The van der Waals surface area contributed by atoms with Gasteiger partial charge in [0.25, 0.3) is 5.69 Å². The predicted octanol–water partition coefficient (Wildman–Crippen LogP) is 4.97. The van der Waals surface area contributed by atoms with Crippen molar-refractivity contribution in [3.63, 3.8) is 0 Å². The van der Waals surface area contributed by atoms with Gasteiger partial charge in [-0.3, -0.25) is 10.1 Å². The number of aryl methyl sites for hydroxylation is 1. The molecule has 29 heavy (non-hydrogen) atoms. The summed E-state index contributed by atoms with van der Waals surface area (Å²) in [7, 11) is 0. The van der Waals surface area contributed by atoms with Crippen LogP contribution >= 0.6 is 12.2 Å². The van der Waals surface area contributed by atoms with Gasteiger partial charge in [0.05, 0.1) is 11.1 Å². The molecule has 4 rings (SSSR count). The summed E-state index contributed by atoms with van der Waals surface area (Å²) in [6.45, 7) is 2.01. The highest BCUT2D eigenvalue weighted by molar-refractivity contribution is 7.71. The maximum Gasteiger partial charge on any atom is 0.270 e. The van der Waals surface area contributed by atoms with Gasteiger partial charge < -0.3 is 4.42 Å². The molecule has 2 aromatic heterocycles. The van der Waals surface area contributed by atoms with E-state index in [0.29, 0.717) is 27.7 Å². The SMILES string of the molecule is Cc1ccc(-c2n[nH]c(=S)n2/N=C\c2ccc(-c3cccc([N+](=O)[O-])c3)o2)cc1. The molecular formula is C20H15N5O3S. The largest absolute Gasteiger partial charge is 0.455 e. The zero-order valence-electron chi connectivity index (χ0n) is 15.3. The summed E-state index contributed by atoms with van der Waals surface area (Å²) >= 11 is 5.27. The van der Waals surface area contributed by atoms with Gasteiger partial charge in [-0.1, -0.05) is 42.0 Å². The summed E-state index contributed by atoms with van der Waals surface area (Å²) in [4.78, 5) is 10.5. The molecule has 0 spiro atoms. The number of nitrogens with zero attached hydrogens (tertiary/aromatic N) is 4. The molecule has 0 unspecified atom stereocenters. The summed E-state index contributed by atoms with van der Waals surface area (Å²) < 4.78 is 7.61. The van der Waals surface area contributed by atoms with Crippen LogP contribution in [0.25, 0.3) is 22.7 Å². The zero-order chi connectivity index (χ0) is 20.4. The van der Waals surface area contributed by atoms with Crippen molar-refractivity contribution in [2.45, 2.75) is 6.92 Å². The Bertz CT molecular complexity index is 1270. The highest BCUT2D eigenvalue weighted by Crippen LogP contribution is 2.25. The van der Waals surface area contributed by atoms with Crippen molar-refractivity contribution in [1.29, 1.82) is 0 Å². The molecule has 1 N–H and O–H groups in total. The molecule has 0 aliphatic heterocycles. The Hall–Kier alpha value is -3.85. The molecule has 9 heteroatoms. The van der Waals surface area contributed by atoms with Crippen molar-refractivity contribution >= 4 is 24.1 Å². The average Bonchev–Trinajstić information content (AvgIpc) is 3.34. The van der Waals surface area contributed by atoms with E-state index in [-0.39, 0.29) is 5.69 Å². The summed E-state index contributed by atoms with van der Waals surface area (Å²) in [6.07, 6.45) is 1.52. The highest BCUT2D eigenvalue weighted by atomic mass is 32.1. The number of rotatable bonds is 5. The maximum absolute atomic E-state index is 11.0. The molecule has 0 bridgehead atoms. The molecular weight excluding hydrogens is 390 g/mol. The number of nitrogens with one attached hydrogen (secondary N) is 1. The molecule has 0 saturated heterocycles. The van der Waals surface area contributed by atoms with Crippen molar-refractivity contribution in [1.82, 2.24) is 14.9 Å². The number of H-pyrrole nitrogens is 1. The van der Waals surface area contributed by atoms with Crippen LogP contribution in [0.3, 0.4) is 0 Å². The molecule has 2 aromatic carbocycles. The van der Waals surface area contributed by atoms with Gasteiger partial charge in [-0.15, -0.1) is 0 Å². The van der Waals surface area contributed by atoms with Gasteiger partial charge in [-0.2, -0.15) is 14.9 Å². The van der Waals surface area contributed by atoms with E-state index >= 15 is 0 Å². The summed E-state index contributed by atoms with van der Waals surface area (Å²) in [5, 5.41) is 22.3. The molecule has 0 saturated carbocycles. The Morgan fingerprint density at radius 3 is 2.72 bits per heavy atom. The molecule has 0 fully saturated rings. The van der Waals surface area contributed by atoms with Crippen LogP contribution in [0.4, 0.5) is 5.69 Å². The molecule has 4 aromatic rings. The summed E-state index contributed by atoms with van der Waals surface area (Å²) in [6, 6.07) is 17.6. The fourth-order valence-corrected chi connectivity index (χ4v) is 2.93. The number of non-ortho nitro benzene ring substituents is 1. The van der Waals surface area contributed by atoms with Crippen molar-refractivity contribution in [2.75, 3.05) is 0 Å². The topological polar surface area (TPSA) is 102 Å². The Labute approximate surface area is 170 Å². The number of furan rings is 1. The van der Waals surface area contributed by atoms with Gasteiger partial charge in [0.1, 0.15) is 11.5 Å². The van der Waals surface area contributed by atoms with Gasteiger partial charge in [0.15, 0.2) is 5.82 Å². The average molecular weight is 405 g/mol. The second-order valence-corrected chi connectivity index (χ2v) is 6.67. The summed E-state index contributed by atoms with van der Waals surface area (Å²) in [5.74, 6) is 1.56. The van der Waals surface area contributed by atoms with Crippen molar-refractivity contribution < 1.29 is 9.34 Å². The van der Waals surface area contributed by atoms with Crippen LogP contribution in [0.15, 0.2) is 70.2 Å². The van der Waals surface area contributed by atoms with Crippen molar-refractivity contribution in [2.24, 2.45) is 5.10 Å². The first-order valence-electron chi connectivity index (χ1n) is 8.65. The fourth-order valence-electron chi connectivity index (χ4n) is 2.75. The van der Waals surface area contributed by atoms with Crippen LogP contribution in [-0.4, -0.2) is 26.0 Å². The molecule has 0 aliphatic rings. The van der Waals surface area contributed by atoms with Crippen molar-refractivity contribution in [3.8, 4) is 22.7 Å². The van der Waals surface area contributed by atoms with Crippen LogP contribution in [0.1, 0.15) is 11.3 Å².